The molecule has 1 atom stereocenters. The Bertz CT molecular complexity index is 1110. The predicted molar refractivity (Wildman–Crippen MR) is 110 cm³/mol. The number of fused-ring (bicyclic) bond motifs is 1. The molecule has 3 aromatic rings. The van der Waals surface area contributed by atoms with E-state index < -0.39 is 9.84 Å². The van der Waals surface area contributed by atoms with Gasteiger partial charge in [-0.25, -0.2) is 17.9 Å². The van der Waals surface area contributed by atoms with Crippen molar-refractivity contribution in [3.05, 3.63) is 36.7 Å². The molecule has 0 saturated carbocycles. The van der Waals surface area contributed by atoms with Crippen molar-refractivity contribution in [1.82, 2.24) is 19.9 Å². The second-order valence-electron chi connectivity index (χ2n) is 7.19. The van der Waals surface area contributed by atoms with Crippen molar-refractivity contribution in [3.63, 3.8) is 0 Å². The quantitative estimate of drug-likeness (QED) is 0.685. The first-order valence-corrected chi connectivity index (χ1v) is 11.1. The minimum atomic E-state index is -3.24. The lowest BCUT2D eigenvalue weighted by Crippen LogP contribution is -2.44. The van der Waals surface area contributed by atoms with Gasteiger partial charge in [0.2, 0.25) is 0 Å². The standard InChI is InChI=1S/C19H24N6O2S/c1-21-14-4-3-9-24(11-14)17-10-16(25-18(17)19(20)22-12-23-25)13-5-7-15(8-6-13)28(2,26)27/h5-8,10,12,14,21H,3-4,9,11H2,1-2H3,(H2,20,22,23). The highest BCUT2D eigenvalue weighted by molar-refractivity contribution is 7.90. The van der Waals surface area contributed by atoms with Gasteiger partial charge >= 0.3 is 0 Å². The molecule has 1 saturated heterocycles. The van der Waals surface area contributed by atoms with Crippen LogP contribution in [0.2, 0.25) is 0 Å². The van der Waals surface area contributed by atoms with E-state index in [1.165, 1.54) is 12.6 Å². The number of likely N-dealkylation sites (N-methyl/N-ethyl adjacent to an activating group) is 1. The largest absolute Gasteiger partial charge is 0.382 e. The van der Waals surface area contributed by atoms with E-state index >= 15 is 0 Å². The number of nitrogens with two attached hydrogens (primary N) is 1. The average molecular weight is 401 g/mol. The van der Waals surface area contributed by atoms with Crippen molar-refractivity contribution in [1.29, 1.82) is 0 Å². The molecule has 9 heteroatoms. The molecule has 3 heterocycles. The van der Waals surface area contributed by atoms with Gasteiger partial charge in [-0.2, -0.15) is 5.10 Å². The molecule has 0 amide bonds. The summed E-state index contributed by atoms with van der Waals surface area (Å²) in [6.45, 7) is 1.83. The number of anilines is 2. The Morgan fingerprint density at radius 3 is 2.68 bits per heavy atom. The molecule has 3 N–H and O–H groups in total. The summed E-state index contributed by atoms with van der Waals surface area (Å²) in [5, 5.41) is 7.77. The molecule has 8 nitrogen and oxygen atoms in total. The number of nitrogens with one attached hydrogen (secondary N) is 1. The van der Waals surface area contributed by atoms with Gasteiger partial charge < -0.3 is 16.0 Å². The van der Waals surface area contributed by atoms with Gasteiger partial charge in [-0.3, -0.25) is 0 Å². The van der Waals surface area contributed by atoms with E-state index in [0.29, 0.717) is 16.8 Å². The van der Waals surface area contributed by atoms with Crippen molar-refractivity contribution >= 4 is 26.9 Å². The van der Waals surface area contributed by atoms with E-state index in [1.807, 2.05) is 7.05 Å². The van der Waals surface area contributed by atoms with Crippen LogP contribution >= 0.6 is 0 Å². The zero-order valence-corrected chi connectivity index (χ0v) is 16.8. The molecule has 1 aromatic carbocycles. The number of sulfone groups is 1. The number of hydrogen-bond acceptors (Lipinski definition) is 7. The normalized spacial score (nSPS) is 17.9. The van der Waals surface area contributed by atoms with Crippen LogP contribution in [0, 0.1) is 0 Å². The Balaban J connectivity index is 1.83. The third kappa shape index (κ3) is 3.31. The summed E-state index contributed by atoms with van der Waals surface area (Å²) < 4.78 is 25.3. The van der Waals surface area contributed by atoms with Crippen LogP contribution in [-0.4, -0.2) is 55.5 Å². The summed E-state index contributed by atoms with van der Waals surface area (Å²) in [6.07, 6.45) is 4.88. The number of nitrogen functional groups attached to an aromatic ring is 1. The zero-order valence-electron chi connectivity index (χ0n) is 16.0. The number of nitrogens with zero attached hydrogens (tertiary/aromatic N) is 4. The molecule has 0 aliphatic carbocycles. The second kappa shape index (κ2) is 7.06. The highest BCUT2D eigenvalue weighted by atomic mass is 32.2. The fraction of sp³-hybridized carbons (Fsp3) is 0.368. The summed E-state index contributed by atoms with van der Waals surface area (Å²) in [5.41, 5.74) is 9.71. The van der Waals surface area contributed by atoms with Gasteiger partial charge in [0.15, 0.2) is 15.7 Å². The molecule has 1 aliphatic rings. The lowest BCUT2D eigenvalue weighted by molar-refractivity contribution is 0.450. The molecule has 4 rings (SSSR count). The van der Waals surface area contributed by atoms with Crippen molar-refractivity contribution in [2.24, 2.45) is 0 Å². The van der Waals surface area contributed by atoms with E-state index in [0.717, 1.165) is 48.4 Å². The monoisotopic (exact) mass is 400 g/mol. The van der Waals surface area contributed by atoms with Crippen LogP contribution in [0.4, 0.5) is 11.5 Å². The number of hydrogen-bond donors (Lipinski definition) is 2. The summed E-state index contributed by atoms with van der Waals surface area (Å²) in [7, 11) is -1.26. The summed E-state index contributed by atoms with van der Waals surface area (Å²) >= 11 is 0. The molecule has 1 unspecified atom stereocenters. The number of benzene rings is 1. The van der Waals surface area contributed by atoms with Crippen LogP contribution in [0.25, 0.3) is 16.8 Å². The van der Waals surface area contributed by atoms with Crippen LogP contribution in [0.15, 0.2) is 41.6 Å². The fourth-order valence-electron chi connectivity index (χ4n) is 3.80. The first kappa shape index (κ1) is 18.7. The molecule has 0 spiro atoms. The number of piperidine rings is 1. The third-order valence-corrected chi connectivity index (χ3v) is 6.44. The maximum Gasteiger partial charge on any atom is 0.175 e. The van der Waals surface area contributed by atoms with Gasteiger partial charge in [0.05, 0.1) is 16.3 Å². The molecule has 1 aliphatic heterocycles. The minimum absolute atomic E-state index is 0.291. The van der Waals surface area contributed by atoms with Gasteiger partial charge in [-0.05, 0) is 38.1 Å². The van der Waals surface area contributed by atoms with Gasteiger partial charge in [-0.15, -0.1) is 0 Å². The summed E-state index contributed by atoms with van der Waals surface area (Å²) in [6, 6.07) is 9.32. The highest BCUT2D eigenvalue weighted by Gasteiger charge is 2.24. The van der Waals surface area contributed by atoms with Gasteiger partial charge in [0.1, 0.15) is 11.8 Å². The van der Waals surface area contributed by atoms with E-state index in [-0.39, 0.29) is 0 Å². The predicted octanol–water partition coefficient (Wildman–Crippen LogP) is 1.57. The number of rotatable bonds is 4. The van der Waals surface area contributed by atoms with E-state index in [2.05, 4.69) is 26.4 Å². The second-order valence-corrected chi connectivity index (χ2v) is 9.21. The van der Waals surface area contributed by atoms with Gasteiger partial charge in [0.25, 0.3) is 0 Å². The van der Waals surface area contributed by atoms with Crippen LogP contribution in [0.3, 0.4) is 0 Å². The summed E-state index contributed by atoms with van der Waals surface area (Å²) in [5.74, 6) is 0.426. The van der Waals surface area contributed by atoms with Crippen molar-refractivity contribution in [2.45, 2.75) is 23.8 Å². The van der Waals surface area contributed by atoms with E-state index in [4.69, 9.17) is 5.73 Å². The molecule has 28 heavy (non-hydrogen) atoms. The topological polar surface area (TPSA) is 106 Å². The lowest BCUT2D eigenvalue weighted by Gasteiger charge is -2.33. The molecule has 148 valence electrons. The molecule has 0 bridgehead atoms. The van der Waals surface area contributed by atoms with Crippen molar-refractivity contribution in [2.75, 3.05) is 37.0 Å². The van der Waals surface area contributed by atoms with E-state index in [1.54, 1.807) is 28.8 Å². The smallest absolute Gasteiger partial charge is 0.175 e. The summed E-state index contributed by atoms with van der Waals surface area (Å²) in [4.78, 5) is 6.78. The van der Waals surface area contributed by atoms with Crippen molar-refractivity contribution < 1.29 is 8.42 Å². The van der Waals surface area contributed by atoms with E-state index in [9.17, 15) is 8.42 Å². The van der Waals surface area contributed by atoms with Crippen LogP contribution < -0.4 is 16.0 Å². The maximum atomic E-state index is 11.8. The Morgan fingerprint density at radius 2 is 2.00 bits per heavy atom. The maximum absolute atomic E-state index is 11.8. The Morgan fingerprint density at radius 1 is 1.25 bits per heavy atom. The number of aromatic nitrogens is 3. The third-order valence-electron chi connectivity index (χ3n) is 5.31. The Kier molecular flexibility index (Phi) is 4.72. The van der Waals surface area contributed by atoms with Crippen LogP contribution in [0.1, 0.15) is 12.8 Å². The van der Waals surface area contributed by atoms with Gasteiger partial charge in [0, 0.05) is 31.0 Å². The Labute approximate surface area is 164 Å². The zero-order chi connectivity index (χ0) is 19.9. The van der Waals surface area contributed by atoms with Crippen LogP contribution in [-0.2, 0) is 9.84 Å². The SMILES string of the molecule is CNC1CCCN(c2cc(-c3ccc(S(C)(=O)=O)cc3)n3ncnc(N)c23)C1. The molecular weight excluding hydrogens is 376 g/mol. The fourth-order valence-corrected chi connectivity index (χ4v) is 4.43. The van der Waals surface area contributed by atoms with Crippen LogP contribution in [0.5, 0.6) is 0 Å². The van der Waals surface area contributed by atoms with Gasteiger partial charge in [-0.1, -0.05) is 12.1 Å². The Hall–Kier alpha value is -2.65. The molecule has 2 aromatic heterocycles. The molecular formula is C19H24N6O2S. The first-order chi connectivity index (χ1) is 13.4. The molecule has 0 radical (unpaired) electrons. The van der Waals surface area contributed by atoms with Crippen molar-refractivity contribution in [3.8, 4) is 11.3 Å². The first-order valence-electron chi connectivity index (χ1n) is 9.23. The highest BCUT2D eigenvalue weighted by Crippen LogP contribution is 2.35. The molecule has 1 fully saturated rings. The average Bonchev–Trinajstić information content (AvgIpc) is 3.08. The minimum Gasteiger partial charge on any atom is -0.382 e. The lowest BCUT2D eigenvalue weighted by atomic mass is 10.1.